The van der Waals surface area contributed by atoms with Gasteiger partial charge < -0.3 is 20.8 Å². The van der Waals surface area contributed by atoms with Crippen molar-refractivity contribution in [1.82, 2.24) is 10.6 Å². The van der Waals surface area contributed by atoms with Crippen molar-refractivity contribution < 1.29 is 4.43 Å². The second-order valence-electron chi connectivity index (χ2n) is 12.8. The predicted molar refractivity (Wildman–Crippen MR) is 137 cm³/mol. The Morgan fingerprint density at radius 2 is 1.52 bits per heavy atom. The Labute approximate surface area is 185 Å². The van der Waals surface area contributed by atoms with Crippen LogP contribution in [-0.2, 0) is 4.43 Å². The van der Waals surface area contributed by atoms with E-state index in [9.17, 15) is 0 Å². The van der Waals surface area contributed by atoms with Crippen LogP contribution >= 0.6 is 0 Å². The highest BCUT2D eigenvalue weighted by Gasteiger charge is 2.40. The first-order valence-electron chi connectivity index (χ1n) is 11.7. The van der Waals surface area contributed by atoms with Crippen LogP contribution in [0.25, 0.3) is 0 Å². The fourth-order valence-corrected chi connectivity index (χ4v) is 11.7. The van der Waals surface area contributed by atoms with E-state index in [0.29, 0.717) is 5.41 Å². The molecule has 0 amide bonds. The summed E-state index contributed by atoms with van der Waals surface area (Å²) in [7, 11) is -0.818. The average Bonchev–Trinajstić information content (AvgIpc) is 2.40. The number of hydrogen-bond acceptors (Lipinski definition) is 4. The predicted octanol–water partition coefficient (Wildman–Crippen LogP) is 5.64. The summed E-state index contributed by atoms with van der Waals surface area (Å²) >= 11 is 0. The van der Waals surface area contributed by atoms with Crippen LogP contribution in [0, 0.1) is 10.8 Å². The van der Waals surface area contributed by atoms with Crippen LogP contribution < -0.4 is 16.4 Å². The van der Waals surface area contributed by atoms with Crippen LogP contribution in [0.3, 0.4) is 0 Å². The van der Waals surface area contributed by atoms with Crippen LogP contribution in [-0.4, -0.2) is 48.8 Å². The van der Waals surface area contributed by atoms with Gasteiger partial charge in [0.05, 0.1) is 5.60 Å². The first kappa shape index (κ1) is 29.3. The Morgan fingerprint density at radius 3 is 2.00 bits per heavy atom. The summed E-state index contributed by atoms with van der Waals surface area (Å²) in [6.45, 7) is 26.8. The quantitative estimate of drug-likeness (QED) is 0.163. The summed E-state index contributed by atoms with van der Waals surface area (Å²) in [6, 6.07) is 2.77. The molecule has 0 fully saturated rings. The molecule has 0 aromatic carbocycles. The summed E-state index contributed by atoms with van der Waals surface area (Å²) in [5.74, 6) is 0. The normalized spacial score (nSPS) is 16.1. The highest BCUT2D eigenvalue weighted by atomic mass is 28.4. The van der Waals surface area contributed by atoms with Gasteiger partial charge in [-0.2, -0.15) is 0 Å². The molecule has 0 saturated heterocycles. The molecule has 1 unspecified atom stereocenters. The van der Waals surface area contributed by atoms with Crippen molar-refractivity contribution in [3.63, 3.8) is 0 Å². The van der Waals surface area contributed by atoms with Crippen molar-refractivity contribution in [3.05, 3.63) is 0 Å². The van der Waals surface area contributed by atoms with Gasteiger partial charge in [0.1, 0.15) is 0 Å². The molecule has 6 heteroatoms. The molecule has 0 bridgehead atoms. The molecular formula is C23H55N3OSi2. The van der Waals surface area contributed by atoms with Crippen LogP contribution in [0.5, 0.6) is 0 Å². The second-order valence-corrected chi connectivity index (χ2v) is 22.4. The van der Waals surface area contributed by atoms with Crippen LogP contribution in [0.15, 0.2) is 0 Å². The largest absolute Gasteiger partial charge is 0.413 e. The van der Waals surface area contributed by atoms with Gasteiger partial charge in [-0.15, -0.1) is 0 Å². The molecular weight excluding hydrogens is 390 g/mol. The fraction of sp³-hybridized carbons (Fsp3) is 1.00. The SMILES string of the molecule is CNCNCCC[Si](C)(C)CC(C)(C)CC(C)(CCN)CC(C)(C)O[Si](C)(C)C. The van der Waals surface area contributed by atoms with Gasteiger partial charge >= 0.3 is 0 Å². The van der Waals surface area contributed by atoms with Crippen molar-refractivity contribution in [2.75, 3.05) is 26.8 Å². The number of rotatable bonds is 16. The maximum absolute atomic E-state index is 6.56. The molecule has 4 nitrogen and oxygen atoms in total. The Balaban J connectivity index is 5.04. The molecule has 0 aliphatic carbocycles. The minimum absolute atomic E-state index is 0.0869. The summed E-state index contributed by atoms with van der Waals surface area (Å²) in [4.78, 5) is 0. The lowest BCUT2D eigenvalue weighted by molar-refractivity contribution is 0.0236. The lowest BCUT2D eigenvalue weighted by Gasteiger charge is -2.45. The minimum Gasteiger partial charge on any atom is -0.413 e. The van der Waals surface area contributed by atoms with E-state index < -0.39 is 16.4 Å². The Kier molecular flexibility index (Phi) is 11.9. The summed E-state index contributed by atoms with van der Waals surface area (Å²) < 4.78 is 6.56. The van der Waals surface area contributed by atoms with E-state index in [1.54, 1.807) is 0 Å². The van der Waals surface area contributed by atoms with Crippen molar-refractivity contribution in [3.8, 4) is 0 Å². The second kappa shape index (κ2) is 11.8. The summed E-state index contributed by atoms with van der Waals surface area (Å²) in [5.41, 5.74) is 6.55. The fourth-order valence-electron chi connectivity index (χ4n) is 5.99. The zero-order chi connectivity index (χ0) is 23.0. The van der Waals surface area contributed by atoms with Crippen molar-refractivity contribution in [1.29, 1.82) is 0 Å². The molecule has 0 saturated carbocycles. The maximum atomic E-state index is 6.56. The molecule has 0 aromatic heterocycles. The molecule has 0 aliphatic rings. The van der Waals surface area contributed by atoms with Crippen LogP contribution in [0.2, 0.25) is 44.8 Å². The zero-order valence-electron chi connectivity index (χ0n) is 21.8. The smallest absolute Gasteiger partial charge is 0.184 e. The number of nitrogens with two attached hydrogens (primary N) is 1. The molecule has 0 radical (unpaired) electrons. The first-order valence-corrected chi connectivity index (χ1v) is 18.5. The zero-order valence-corrected chi connectivity index (χ0v) is 23.8. The molecule has 1 atom stereocenters. The van der Waals surface area contributed by atoms with Crippen LogP contribution in [0.4, 0.5) is 0 Å². The first-order chi connectivity index (χ1) is 12.9. The Bertz CT molecular complexity index is 462. The minimum atomic E-state index is -1.57. The maximum Gasteiger partial charge on any atom is 0.184 e. The number of hydrogen-bond donors (Lipinski definition) is 3. The summed E-state index contributed by atoms with van der Waals surface area (Å²) in [5, 5.41) is 6.61. The highest BCUT2D eigenvalue weighted by Crippen LogP contribution is 2.46. The summed E-state index contributed by atoms with van der Waals surface area (Å²) in [6.07, 6.45) is 4.67. The van der Waals surface area contributed by atoms with Gasteiger partial charge in [0.2, 0.25) is 0 Å². The lowest BCUT2D eigenvalue weighted by Crippen LogP contribution is -2.44. The van der Waals surface area contributed by atoms with E-state index in [1.807, 2.05) is 7.05 Å². The highest BCUT2D eigenvalue weighted by molar-refractivity contribution is 6.77. The topological polar surface area (TPSA) is 59.3 Å². The molecule has 0 heterocycles. The molecule has 0 aromatic rings. The third kappa shape index (κ3) is 14.8. The average molecular weight is 446 g/mol. The molecule has 0 rings (SSSR count). The van der Waals surface area contributed by atoms with Gasteiger partial charge in [-0.3, -0.25) is 0 Å². The van der Waals surface area contributed by atoms with Gasteiger partial charge in [0, 0.05) is 14.7 Å². The molecule has 0 spiro atoms. The van der Waals surface area contributed by atoms with E-state index in [1.165, 1.54) is 24.9 Å². The Morgan fingerprint density at radius 1 is 0.931 bits per heavy atom. The van der Waals surface area contributed by atoms with E-state index >= 15 is 0 Å². The number of nitrogens with one attached hydrogen (secondary N) is 2. The van der Waals surface area contributed by atoms with Crippen LogP contribution in [0.1, 0.15) is 60.3 Å². The van der Waals surface area contributed by atoms with Crippen molar-refractivity contribution in [2.45, 2.75) is 111 Å². The van der Waals surface area contributed by atoms with E-state index in [-0.39, 0.29) is 11.0 Å². The van der Waals surface area contributed by atoms with Gasteiger partial charge in [-0.1, -0.05) is 46.0 Å². The van der Waals surface area contributed by atoms with Gasteiger partial charge in [0.15, 0.2) is 8.32 Å². The van der Waals surface area contributed by atoms with Crippen molar-refractivity contribution >= 4 is 16.4 Å². The van der Waals surface area contributed by atoms with Gasteiger partial charge in [-0.25, -0.2) is 0 Å². The third-order valence-corrected chi connectivity index (χ3v) is 10.3. The molecule has 4 N–H and O–H groups in total. The lowest BCUT2D eigenvalue weighted by atomic mass is 9.68. The Hall–Kier alpha value is 0.274. The van der Waals surface area contributed by atoms with E-state index in [4.69, 9.17) is 10.2 Å². The standard InChI is InChI=1S/C23H55N3OSi2/c1-21(2,19-29(10,11)16-12-15-26-20-25-6)17-23(5,13-14-24)18-22(3,4)27-28(7,8)9/h25-26H,12-20,24H2,1-11H3. The monoisotopic (exact) mass is 445 g/mol. The molecule has 29 heavy (non-hydrogen) atoms. The van der Waals surface area contributed by atoms with Crippen molar-refractivity contribution in [2.24, 2.45) is 16.6 Å². The molecule has 0 aliphatic heterocycles. The molecule has 176 valence electrons. The van der Waals surface area contributed by atoms with E-state index in [2.05, 4.69) is 78.0 Å². The van der Waals surface area contributed by atoms with Gasteiger partial charge in [-0.05, 0) is 90.1 Å². The third-order valence-electron chi connectivity index (χ3n) is 5.55. The van der Waals surface area contributed by atoms with E-state index in [0.717, 1.165) is 32.6 Å². The van der Waals surface area contributed by atoms with Gasteiger partial charge in [0.25, 0.3) is 0 Å².